The van der Waals surface area contributed by atoms with E-state index in [2.05, 4.69) is 22.4 Å². The molecular weight excluding hydrogens is 156 g/mol. The smallest absolute Gasteiger partial charge is 0.0354 e. The molecule has 1 aliphatic heterocycles. The van der Waals surface area contributed by atoms with Crippen molar-refractivity contribution in [3.63, 3.8) is 0 Å². The summed E-state index contributed by atoms with van der Waals surface area (Å²) in [5, 5.41) is 3.56. The second-order valence-corrected chi connectivity index (χ2v) is 4.09. The molecule has 0 aromatic heterocycles. The number of nitrogens with zero attached hydrogens (tertiary/aromatic N) is 1. The van der Waals surface area contributed by atoms with Gasteiger partial charge in [-0.05, 0) is 12.8 Å². The first-order chi connectivity index (χ1) is 5.38. The molecule has 0 aromatic carbocycles. The molecule has 2 unspecified atom stereocenters. The lowest BCUT2D eigenvalue weighted by Crippen LogP contribution is -2.55. The summed E-state index contributed by atoms with van der Waals surface area (Å²) in [5.41, 5.74) is 0. The Kier molecular flexibility index (Phi) is 2.39. The number of fused-ring (bicyclic) bond motifs is 1. The van der Waals surface area contributed by atoms with E-state index in [0.717, 1.165) is 19.1 Å². The van der Waals surface area contributed by atoms with E-state index in [1.807, 2.05) is 0 Å². The molecular formula is C8H16N2S. The Hall–Kier alpha value is 0.270. The molecule has 2 rings (SSSR count). The predicted octanol–water partition coefficient (Wildman–Crippen LogP) is 1.05. The summed E-state index contributed by atoms with van der Waals surface area (Å²) >= 11 is 4.48. The number of hydrogen-bond donors (Lipinski definition) is 2. The summed E-state index contributed by atoms with van der Waals surface area (Å²) in [4.78, 5) is 0. The molecule has 1 aliphatic carbocycles. The Bertz CT molecular complexity index is 138. The lowest BCUT2D eigenvalue weighted by atomic mass is 9.89. The Morgan fingerprint density at radius 3 is 2.91 bits per heavy atom. The van der Waals surface area contributed by atoms with Gasteiger partial charge in [-0.3, -0.25) is 0 Å². The second-order valence-electron chi connectivity index (χ2n) is 3.58. The third-order valence-corrected chi connectivity index (χ3v) is 3.36. The van der Waals surface area contributed by atoms with Gasteiger partial charge in [0.25, 0.3) is 0 Å². The molecule has 1 saturated carbocycles. The first-order valence-electron chi connectivity index (χ1n) is 4.57. The first kappa shape index (κ1) is 7.90. The SMILES string of the molecule is SN1CCNC2CCCCC21. The number of rotatable bonds is 0. The molecule has 11 heavy (non-hydrogen) atoms. The van der Waals surface area contributed by atoms with Crippen LogP contribution >= 0.6 is 12.8 Å². The van der Waals surface area contributed by atoms with Gasteiger partial charge in [-0.25, -0.2) is 4.31 Å². The van der Waals surface area contributed by atoms with E-state index in [9.17, 15) is 0 Å². The topological polar surface area (TPSA) is 15.3 Å². The number of piperazine rings is 1. The highest BCUT2D eigenvalue weighted by molar-refractivity contribution is 7.77. The van der Waals surface area contributed by atoms with Crippen molar-refractivity contribution < 1.29 is 0 Å². The lowest BCUT2D eigenvalue weighted by molar-refractivity contribution is 0.175. The van der Waals surface area contributed by atoms with E-state index in [0.29, 0.717) is 6.04 Å². The normalized spacial score (nSPS) is 40.1. The monoisotopic (exact) mass is 172 g/mol. The first-order valence-corrected chi connectivity index (χ1v) is 4.97. The van der Waals surface area contributed by atoms with Crippen LogP contribution in [0.4, 0.5) is 0 Å². The summed E-state index contributed by atoms with van der Waals surface area (Å²) in [6.45, 7) is 2.22. The molecule has 0 amide bonds. The largest absolute Gasteiger partial charge is 0.311 e. The Balaban J connectivity index is 1.99. The molecule has 3 heteroatoms. The molecule has 2 fully saturated rings. The van der Waals surface area contributed by atoms with Crippen molar-refractivity contribution in [3.8, 4) is 0 Å². The predicted molar refractivity (Wildman–Crippen MR) is 49.7 cm³/mol. The van der Waals surface area contributed by atoms with Crippen LogP contribution in [0.2, 0.25) is 0 Å². The zero-order valence-electron chi connectivity index (χ0n) is 6.79. The average Bonchev–Trinajstić information content (AvgIpc) is 2.06. The number of thiol groups is 1. The van der Waals surface area contributed by atoms with Gasteiger partial charge in [0.1, 0.15) is 0 Å². The Morgan fingerprint density at radius 1 is 1.27 bits per heavy atom. The zero-order valence-corrected chi connectivity index (χ0v) is 7.69. The standard InChI is InChI=1S/C8H16N2S/c11-10-6-5-9-7-3-1-2-4-8(7)10/h7-9,11H,1-6H2. The summed E-state index contributed by atoms with van der Waals surface area (Å²) in [7, 11) is 0. The minimum atomic E-state index is 0.709. The lowest BCUT2D eigenvalue weighted by Gasteiger charge is -2.41. The molecule has 0 spiro atoms. The molecule has 1 heterocycles. The maximum atomic E-state index is 4.48. The molecule has 0 aromatic rings. The van der Waals surface area contributed by atoms with Crippen molar-refractivity contribution in [1.29, 1.82) is 0 Å². The fourth-order valence-corrected chi connectivity index (χ4v) is 2.61. The van der Waals surface area contributed by atoms with E-state index < -0.39 is 0 Å². The third-order valence-electron chi connectivity index (χ3n) is 2.86. The molecule has 64 valence electrons. The van der Waals surface area contributed by atoms with Gasteiger partial charge in [-0.15, -0.1) is 0 Å². The van der Waals surface area contributed by atoms with Gasteiger partial charge in [-0.2, -0.15) is 0 Å². The van der Waals surface area contributed by atoms with Gasteiger partial charge < -0.3 is 5.32 Å². The summed E-state index contributed by atoms with van der Waals surface area (Å²) < 4.78 is 2.22. The van der Waals surface area contributed by atoms with E-state index in [1.54, 1.807) is 0 Å². The van der Waals surface area contributed by atoms with Crippen LogP contribution in [0.25, 0.3) is 0 Å². The van der Waals surface area contributed by atoms with E-state index in [1.165, 1.54) is 25.7 Å². The van der Waals surface area contributed by atoms with Crippen LogP contribution in [0.1, 0.15) is 25.7 Å². The molecule has 2 aliphatic rings. The molecule has 2 nitrogen and oxygen atoms in total. The van der Waals surface area contributed by atoms with Gasteiger partial charge in [0.05, 0.1) is 0 Å². The molecule has 2 atom stereocenters. The highest BCUT2D eigenvalue weighted by Crippen LogP contribution is 2.25. The number of hydrogen-bond acceptors (Lipinski definition) is 3. The summed E-state index contributed by atoms with van der Waals surface area (Å²) in [6.07, 6.45) is 5.47. The average molecular weight is 172 g/mol. The van der Waals surface area contributed by atoms with Crippen molar-refractivity contribution >= 4 is 12.8 Å². The van der Waals surface area contributed by atoms with Gasteiger partial charge >= 0.3 is 0 Å². The van der Waals surface area contributed by atoms with Gasteiger partial charge in [0, 0.05) is 25.2 Å². The van der Waals surface area contributed by atoms with Crippen molar-refractivity contribution in [2.75, 3.05) is 13.1 Å². The van der Waals surface area contributed by atoms with E-state index in [-0.39, 0.29) is 0 Å². The van der Waals surface area contributed by atoms with Crippen LogP contribution in [0.15, 0.2) is 0 Å². The number of nitrogens with one attached hydrogen (secondary N) is 1. The second kappa shape index (κ2) is 3.33. The zero-order chi connectivity index (χ0) is 7.68. The van der Waals surface area contributed by atoms with Crippen molar-refractivity contribution in [1.82, 2.24) is 9.62 Å². The van der Waals surface area contributed by atoms with Crippen molar-refractivity contribution in [2.45, 2.75) is 37.8 Å². The molecule has 0 bridgehead atoms. The van der Waals surface area contributed by atoms with Gasteiger partial charge in [0.15, 0.2) is 0 Å². The van der Waals surface area contributed by atoms with Crippen LogP contribution in [0.3, 0.4) is 0 Å². The highest BCUT2D eigenvalue weighted by atomic mass is 32.1. The van der Waals surface area contributed by atoms with Crippen LogP contribution in [0, 0.1) is 0 Å². The molecule has 0 radical (unpaired) electrons. The van der Waals surface area contributed by atoms with E-state index >= 15 is 0 Å². The van der Waals surface area contributed by atoms with Crippen molar-refractivity contribution in [2.24, 2.45) is 0 Å². The minimum absolute atomic E-state index is 0.709. The van der Waals surface area contributed by atoms with E-state index in [4.69, 9.17) is 0 Å². The quantitative estimate of drug-likeness (QED) is 0.531. The van der Waals surface area contributed by atoms with Crippen molar-refractivity contribution in [3.05, 3.63) is 0 Å². The summed E-state index contributed by atoms with van der Waals surface area (Å²) in [5.74, 6) is 0. The van der Waals surface area contributed by atoms with Crippen LogP contribution in [0.5, 0.6) is 0 Å². The minimum Gasteiger partial charge on any atom is -0.311 e. The fraction of sp³-hybridized carbons (Fsp3) is 1.00. The third kappa shape index (κ3) is 1.55. The maximum Gasteiger partial charge on any atom is 0.0354 e. The Labute approximate surface area is 73.9 Å². The van der Waals surface area contributed by atoms with Crippen LogP contribution in [-0.2, 0) is 0 Å². The van der Waals surface area contributed by atoms with Gasteiger partial charge in [0.2, 0.25) is 0 Å². The Morgan fingerprint density at radius 2 is 2.09 bits per heavy atom. The maximum absolute atomic E-state index is 4.48. The summed E-state index contributed by atoms with van der Waals surface area (Å²) in [6, 6.07) is 1.44. The molecule has 1 saturated heterocycles. The fourth-order valence-electron chi connectivity index (χ4n) is 2.24. The van der Waals surface area contributed by atoms with Gasteiger partial charge in [-0.1, -0.05) is 25.7 Å². The van der Waals surface area contributed by atoms with Crippen LogP contribution < -0.4 is 5.32 Å². The van der Waals surface area contributed by atoms with Crippen LogP contribution in [-0.4, -0.2) is 29.5 Å². The highest BCUT2D eigenvalue weighted by Gasteiger charge is 2.31. The molecule has 1 N–H and O–H groups in total.